The number of rotatable bonds is 4. The van der Waals surface area contributed by atoms with Crippen molar-refractivity contribution < 1.29 is 14.2 Å². The highest BCUT2D eigenvalue weighted by atomic mass is 19.1. The van der Waals surface area contributed by atoms with Crippen molar-refractivity contribution in [3.8, 4) is 5.75 Å². The fourth-order valence-corrected chi connectivity index (χ4v) is 2.22. The van der Waals surface area contributed by atoms with Crippen molar-refractivity contribution >= 4 is 0 Å². The van der Waals surface area contributed by atoms with Gasteiger partial charge in [0.15, 0.2) is 0 Å². The lowest BCUT2D eigenvalue weighted by Gasteiger charge is -2.34. The lowest BCUT2D eigenvalue weighted by molar-refractivity contribution is 0.0407. The van der Waals surface area contributed by atoms with E-state index in [9.17, 15) is 9.50 Å². The molecule has 0 heterocycles. The molecule has 0 aliphatic heterocycles. The van der Waals surface area contributed by atoms with Gasteiger partial charge in [-0.1, -0.05) is 6.42 Å². The van der Waals surface area contributed by atoms with Crippen LogP contribution in [0.15, 0.2) is 18.2 Å². The van der Waals surface area contributed by atoms with E-state index in [1.54, 1.807) is 0 Å². The molecule has 3 N–H and O–H groups in total. The zero-order valence-electron chi connectivity index (χ0n) is 9.90. The molecule has 4 heteroatoms. The van der Waals surface area contributed by atoms with Gasteiger partial charge in [0.2, 0.25) is 0 Å². The highest BCUT2D eigenvalue weighted by Gasteiger charge is 2.32. The monoisotopic (exact) mass is 239 g/mol. The number of hydrogen-bond donors (Lipinski definition) is 2. The van der Waals surface area contributed by atoms with Crippen LogP contribution in [0.4, 0.5) is 4.39 Å². The first-order valence-corrected chi connectivity index (χ1v) is 5.90. The molecule has 0 radical (unpaired) electrons. The Morgan fingerprint density at radius 2 is 2.18 bits per heavy atom. The van der Waals surface area contributed by atoms with Crippen molar-refractivity contribution in [1.29, 1.82) is 0 Å². The minimum atomic E-state index is -0.626. The zero-order valence-corrected chi connectivity index (χ0v) is 9.90. The number of aliphatic hydroxyl groups is 1. The summed E-state index contributed by atoms with van der Waals surface area (Å²) in [6.07, 6.45) is 2.49. The van der Waals surface area contributed by atoms with E-state index in [0.29, 0.717) is 11.3 Å². The maximum absolute atomic E-state index is 13.2. The van der Waals surface area contributed by atoms with Crippen molar-refractivity contribution in [2.75, 3.05) is 7.11 Å². The Balaban J connectivity index is 2.21. The molecule has 2 atom stereocenters. The SMILES string of the molecule is COc1ccc(F)cc1[C@H](N)[C@H](O)C1CCC1. The first-order valence-electron chi connectivity index (χ1n) is 5.90. The van der Waals surface area contributed by atoms with Crippen molar-refractivity contribution in [1.82, 2.24) is 0 Å². The van der Waals surface area contributed by atoms with Gasteiger partial charge in [0, 0.05) is 5.56 Å². The molecule has 1 saturated carbocycles. The predicted octanol–water partition coefficient (Wildman–Crippen LogP) is 2.00. The highest BCUT2D eigenvalue weighted by Crippen LogP contribution is 2.36. The van der Waals surface area contributed by atoms with Crippen LogP contribution in [0, 0.1) is 11.7 Å². The normalized spacial score (nSPS) is 19.5. The lowest BCUT2D eigenvalue weighted by atomic mass is 9.77. The molecule has 0 amide bonds. The number of benzene rings is 1. The van der Waals surface area contributed by atoms with Crippen LogP contribution < -0.4 is 10.5 Å². The summed E-state index contributed by atoms with van der Waals surface area (Å²) in [5.41, 5.74) is 6.53. The van der Waals surface area contributed by atoms with Crippen LogP contribution in [0.5, 0.6) is 5.75 Å². The fourth-order valence-electron chi connectivity index (χ4n) is 2.22. The molecule has 1 aromatic carbocycles. The van der Waals surface area contributed by atoms with Crippen LogP contribution in [0.3, 0.4) is 0 Å². The molecule has 0 aromatic heterocycles. The van der Waals surface area contributed by atoms with Crippen LogP contribution in [0.2, 0.25) is 0 Å². The third-order valence-electron chi connectivity index (χ3n) is 3.55. The van der Waals surface area contributed by atoms with E-state index in [1.165, 1.54) is 25.3 Å². The van der Waals surface area contributed by atoms with Gasteiger partial charge in [-0.15, -0.1) is 0 Å². The summed E-state index contributed by atoms with van der Waals surface area (Å²) in [4.78, 5) is 0. The number of hydrogen-bond acceptors (Lipinski definition) is 3. The maximum Gasteiger partial charge on any atom is 0.123 e. The molecule has 17 heavy (non-hydrogen) atoms. The second-order valence-corrected chi connectivity index (χ2v) is 4.59. The Labute approximate surface area is 100 Å². The van der Waals surface area contributed by atoms with Gasteiger partial charge >= 0.3 is 0 Å². The summed E-state index contributed by atoms with van der Waals surface area (Å²) in [5, 5.41) is 10.1. The third kappa shape index (κ3) is 2.42. The molecular formula is C13H18FNO2. The molecule has 1 aliphatic rings. The molecule has 0 saturated heterocycles. The van der Waals surface area contributed by atoms with Gasteiger partial charge in [-0.2, -0.15) is 0 Å². The van der Waals surface area contributed by atoms with Crippen molar-refractivity contribution in [3.05, 3.63) is 29.6 Å². The number of halogens is 1. The topological polar surface area (TPSA) is 55.5 Å². The van der Waals surface area contributed by atoms with Gasteiger partial charge in [-0.05, 0) is 37.0 Å². The number of methoxy groups -OCH3 is 1. The molecule has 1 aliphatic carbocycles. The molecule has 2 rings (SSSR count). The van der Waals surface area contributed by atoms with Crippen molar-refractivity contribution in [2.24, 2.45) is 11.7 Å². The second kappa shape index (κ2) is 5.02. The number of ether oxygens (including phenoxy) is 1. The Hall–Kier alpha value is -1.13. The van der Waals surface area contributed by atoms with Crippen LogP contribution in [-0.4, -0.2) is 18.3 Å². The smallest absolute Gasteiger partial charge is 0.123 e. The van der Waals surface area contributed by atoms with Gasteiger partial charge in [-0.3, -0.25) is 0 Å². The fraction of sp³-hybridized carbons (Fsp3) is 0.538. The summed E-state index contributed by atoms with van der Waals surface area (Å²) in [7, 11) is 1.51. The van der Waals surface area contributed by atoms with Gasteiger partial charge in [0.1, 0.15) is 11.6 Å². The van der Waals surface area contributed by atoms with E-state index >= 15 is 0 Å². The quantitative estimate of drug-likeness (QED) is 0.845. The largest absolute Gasteiger partial charge is 0.496 e. The molecular weight excluding hydrogens is 221 g/mol. The Kier molecular flexibility index (Phi) is 3.64. The van der Waals surface area contributed by atoms with E-state index in [1.807, 2.05) is 0 Å². The highest BCUT2D eigenvalue weighted by molar-refractivity contribution is 5.37. The van der Waals surface area contributed by atoms with E-state index in [-0.39, 0.29) is 11.7 Å². The van der Waals surface area contributed by atoms with E-state index < -0.39 is 12.1 Å². The van der Waals surface area contributed by atoms with Gasteiger partial charge in [0.05, 0.1) is 19.3 Å². The molecule has 0 spiro atoms. The van der Waals surface area contributed by atoms with Crippen LogP contribution >= 0.6 is 0 Å². The average Bonchev–Trinajstić information content (AvgIpc) is 2.25. The summed E-state index contributed by atoms with van der Waals surface area (Å²) >= 11 is 0. The first kappa shape index (κ1) is 12.3. The van der Waals surface area contributed by atoms with Crippen LogP contribution in [-0.2, 0) is 0 Å². The maximum atomic E-state index is 13.2. The van der Waals surface area contributed by atoms with E-state index in [4.69, 9.17) is 10.5 Å². The first-order chi connectivity index (χ1) is 8.13. The summed E-state index contributed by atoms with van der Waals surface area (Å²) in [5.74, 6) is 0.396. The number of aliphatic hydroxyl groups excluding tert-OH is 1. The summed E-state index contributed by atoms with van der Waals surface area (Å²) in [6.45, 7) is 0. The zero-order chi connectivity index (χ0) is 12.4. The van der Waals surface area contributed by atoms with E-state index in [2.05, 4.69) is 0 Å². The van der Waals surface area contributed by atoms with Crippen LogP contribution in [0.1, 0.15) is 30.9 Å². The Morgan fingerprint density at radius 3 is 2.71 bits per heavy atom. The molecule has 1 fully saturated rings. The third-order valence-corrected chi connectivity index (χ3v) is 3.55. The van der Waals surface area contributed by atoms with Gasteiger partial charge in [0.25, 0.3) is 0 Å². The van der Waals surface area contributed by atoms with Gasteiger partial charge in [-0.25, -0.2) is 4.39 Å². The molecule has 0 unspecified atom stereocenters. The second-order valence-electron chi connectivity index (χ2n) is 4.59. The lowest BCUT2D eigenvalue weighted by Crippen LogP contribution is -2.36. The Bertz CT molecular complexity index is 393. The average molecular weight is 239 g/mol. The summed E-state index contributed by atoms with van der Waals surface area (Å²) < 4.78 is 18.4. The van der Waals surface area contributed by atoms with Gasteiger partial charge < -0.3 is 15.6 Å². The van der Waals surface area contributed by atoms with Crippen molar-refractivity contribution in [3.63, 3.8) is 0 Å². The minimum Gasteiger partial charge on any atom is -0.496 e. The number of nitrogens with two attached hydrogens (primary N) is 1. The summed E-state index contributed by atoms with van der Waals surface area (Å²) in [6, 6.07) is 3.61. The minimum absolute atomic E-state index is 0.234. The predicted molar refractivity (Wildman–Crippen MR) is 63.2 cm³/mol. The Morgan fingerprint density at radius 1 is 1.47 bits per heavy atom. The van der Waals surface area contributed by atoms with E-state index in [0.717, 1.165) is 19.3 Å². The standard InChI is InChI=1S/C13H18FNO2/c1-17-11-6-5-9(14)7-10(11)12(15)13(16)8-3-2-4-8/h5-8,12-13,16H,2-4,15H2,1H3/t12-,13+/m0/s1. The van der Waals surface area contributed by atoms with Crippen LogP contribution in [0.25, 0.3) is 0 Å². The molecule has 0 bridgehead atoms. The molecule has 1 aromatic rings. The molecule has 3 nitrogen and oxygen atoms in total. The van der Waals surface area contributed by atoms with Crippen molar-refractivity contribution in [2.45, 2.75) is 31.4 Å². The molecule has 94 valence electrons.